The van der Waals surface area contributed by atoms with E-state index in [4.69, 9.17) is 14.2 Å². The second-order valence-electron chi connectivity index (χ2n) is 4.47. The van der Waals surface area contributed by atoms with Crippen LogP contribution in [0.15, 0.2) is 24.3 Å². The van der Waals surface area contributed by atoms with Gasteiger partial charge in [0.25, 0.3) is 0 Å². The highest BCUT2D eigenvalue weighted by Gasteiger charge is 2.22. The molecule has 1 heterocycles. The van der Waals surface area contributed by atoms with Gasteiger partial charge in [-0.05, 0) is 24.6 Å². The monoisotopic (exact) mass is 290 g/mol. The molecule has 21 heavy (non-hydrogen) atoms. The molecule has 0 bridgehead atoms. The minimum atomic E-state index is -0.453. The smallest absolute Gasteiger partial charge is 0.345 e. The third-order valence-corrected chi connectivity index (χ3v) is 3.25. The Morgan fingerprint density at radius 1 is 1.14 bits per heavy atom. The molecule has 0 saturated heterocycles. The van der Waals surface area contributed by atoms with E-state index in [9.17, 15) is 4.79 Å². The van der Waals surface area contributed by atoms with Gasteiger partial charge in [-0.3, -0.25) is 4.68 Å². The maximum Gasteiger partial charge on any atom is 0.345 e. The largest absolute Gasteiger partial charge is 0.497 e. The molecular weight excluding hydrogens is 272 g/mol. The Kier molecular flexibility index (Phi) is 4.47. The van der Waals surface area contributed by atoms with Crippen LogP contribution in [0.1, 0.15) is 21.6 Å². The van der Waals surface area contributed by atoms with Crippen molar-refractivity contribution in [3.05, 3.63) is 41.1 Å². The Labute approximate surface area is 123 Å². The van der Waals surface area contributed by atoms with Crippen molar-refractivity contribution in [2.24, 2.45) is 0 Å². The Morgan fingerprint density at radius 2 is 1.81 bits per heavy atom. The lowest BCUT2D eigenvalue weighted by Crippen LogP contribution is -2.07. The zero-order valence-electron chi connectivity index (χ0n) is 12.5. The van der Waals surface area contributed by atoms with E-state index in [1.54, 1.807) is 11.8 Å². The number of carbonyl (C=O) groups excluding carboxylic acids is 1. The van der Waals surface area contributed by atoms with E-state index in [1.165, 1.54) is 14.2 Å². The van der Waals surface area contributed by atoms with Crippen molar-refractivity contribution < 1.29 is 19.0 Å². The van der Waals surface area contributed by atoms with Crippen LogP contribution in [0.25, 0.3) is 0 Å². The molecule has 0 fully saturated rings. The van der Waals surface area contributed by atoms with Crippen LogP contribution in [0.4, 0.5) is 0 Å². The molecule has 6 heteroatoms. The highest BCUT2D eigenvalue weighted by atomic mass is 16.5. The number of benzene rings is 1. The Bertz CT molecular complexity index is 632. The molecule has 0 aliphatic carbocycles. The molecule has 0 amide bonds. The van der Waals surface area contributed by atoms with Gasteiger partial charge in [0, 0.05) is 0 Å². The molecule has 0 radical (unpaired) electrons. The van der Waals surface area contributed by atoms with Crippen LogP contribution in [-0.4, -0.2) is 37.1 Å². The second kappa shape index (κ2) is 6.30. The van der Waals surface area contributed by atoms with E-state index >= 15 is 0 Å². The molecule has 6 nitrogen and oxygen atoms in total. The number of methoxy groups -OCH3 is 3. The molecule has 1 aromatic carbocycles. The lowest BCUT2D eigenvalue weighted by molar-refractivity contribution is 0.0596. The van der Waals surface area contributed by atoms with Crippen LogP contribution >= 0.6 is 0 Å². The Morgan fingerprint density at radius 3 is 2.33 bits per heavy atom. The van der Waals surface area contributed by atoms with Gasteiger partial charge in [-0.15, -0.1) is 5.10 Å². The van der Waals surface area contributed by atoms with Gasteiger partial charge in [-0.25, -0.2) is 4.79 Å². The first kappa shape index (κ1) is 14.9. The van der Waals surface area contributed by atoms with Gasteiger partial charge in [0.05, 0.1) is 33.6 Å². The van der Waals surface area contributed by atoms with E-state index in [1.807, 2.05) is 31.2 Å². The van der Waals surface area contributed by atoms with E-state index in [0.717, 1.165) is 11.3 Å². The van der Waals surface area contributed by atoms with Crippen molar-refractivity contribution in [1.29, 1.82) is 0 Å². The second-order valence-corrected chi connectivity index (χ2v) is 4.47. The van der Waals surface area contributed by atoms with Crippen molar-refractivity contribution in [3.63, 3.8) is 0 Å². The van der Waals surface area contributed by atoms with Crippen molar-refractivity contribution in [2.45, 2.75) is 13.5 Å². The lowest BCUT2D eigenvalue weighted by Gasteiger charge is -2.06. The number of aromatic nitrogens is 2. The molecule has 0 atom stereocenters. The van der Waals surface area contributed by atoms with E-state index in [-0.39, 0.29) is 5.88 Å². The summed E-state index contributed by atoms with van der Waals surface area (Å²) < 4.78 is 16.8. The predicted octanol–water partition coefficient (Wildman–Crippen LogP) is 2.04. The Balaban J connectivity index is 2.31. The molecule has 0 aliphatic heterocycles. The molecule has 0 saturated carbocycles. The average molecular weight is 290 g/mol. The summed E-state index contributed by atoms with van der Waals surface area (Å²) in [5.74, 6) is 0.613. The summed E-state index contributed by atoms with van der Waals surface area (Å²) in [6, 6.07) is 7.66. The normalized spacial score (nSPS) is 10.3. The standard InChI is InChI=1S/C15H18N2O4/c1-10-13(15(18)21-4)14(20-3)16-17(10)9-11-5-7-12(19-2)8-6-11/h5-8H,9H2,1-4H3. The van der Waals surface area contributed by atoms with Crippen molar-refractivity contribution in [2.75, 3.05) is 21.3 Å². The van der Waals surface area contributed by atoms with Crippen LogP contribution in [-0.2, 0) is 11.3 Å². The summed E-state index contributed by atoms with van der Waals surface area (Å²) in [6.07, 6.45) is 0. The molecule has 0 aliphatic rings. The van der Waals surface area contributed by atoms with Crippen LogP contribution in [0.3, 0.4) is 0 Å². The van der Waals surface area contributed by atoms with Crippen LogP contribution in [0.2, 0.25) is 0 Å². The van der Waals surface area contributed by atoms with E-state index < -0.39 is 5.97 Å². The molecule has 2 rings (SSSR count). The minimum Gasteiger partial charge on any atom is -0.497 e. The first-order chi connectivity index (χ1) is 10.1. The maximum atomic E-state index is 11.8. The molecule has 2 aromatic rings. The van der Waals surface area contributed by atoms with Gasteiger partial charge in [0.1, 0.15) is 11.3 Å². The molecule has 0 unspecified atom stereocenters. The van der Waals surface area contributed by atoms with Gasteiger partial charge < -0.3 is 14.2 Å². The topological polar surface area (TPSA) is 62.6 Å². The number of ether oxygens (including phenoxy) is 3. The summed E-state index contributed by atoms with van der Waals surface area (Å²) >= 11 is 0. The molecular formula is C15H18N2O4. The first-order valence-electron chi connectivity index (χ1n) is 6.43. The first-order valence-corrected chi connectivity index (χ1v) is 6.43. The minimum absolute atomic E-state index is 0.271. The summed E-state index contributed by atoms with van der Waals surface area (Å²) in [5.41, 5.74) is 2.10. The summed E-state index contributed by atoms with van der Waals surface area (Å²) in [5, 5.41) is 4.30. The molecule has 0 N–H and O–H groups in total. The highest BCUT2D eigenvalue weighted by Crippen LogP contribution is 2.23. The highest BCUT2D eigenvalue weighted by molar-refractivity contribution is 5.93. The van der Waals surface area contributed by atoms with Gasteiger partial charge in [-0.2, -0.15) is 0 Å². The summed E-state index contributed by atoms with van der Waals surface area (Å²) in [4.78, 5) is 11.8. The zero-order valence-corrected chi connectivity index (χ0v) is 12.5. The number of carbonyl (C=O) groups is 1. The summed E-state index contributed by atoms with van der Waals surface area (Å²) in [6.45, 7) is 2.34. The van der Waals surface area contributed by atoms with Crippen molar-refractivity contribution in [3.8, 4) is 11.6 Å². The number of esters is 1. The maximum absolute atomic E-state index is 11.8. The SMILES string of the molecule is COC(=O)c1c(OC)nn(Cc2ccc(OC)cc2)c1C. The average Bonchev–Trinajstić information content (AvgIpc) is 2.83. The Hall–Kier alpha value is -2.50. The lowest BCUT2D eigenvalue weighted by atomic mass is 10.2. The van der Waals surface area contributed by atoms with E-state index in [2.05, 4.69) is 5.10 Å². The molecule has 1 aromatic heterocycles. The number of nitrogens with zero attached hydrogens (tertiary/aromatic N) is 2. The van der Waals surface area contributed by atoms with Crippen molar-refractivity contribution >= 4 is 5.97 Å². The quantitative estimate of drug-likeness (QED) is 0.789. The van der Waals surface area contributed by atoms with Crippen LogP contribution in [0, 0.1) is 6.92 Å². The van der Waals surface area contributed by atoms with Crippen LogP contribution < -0.4 is 9.47 Å². The van der Waals surface area contributed by atoms with Gasteiger partial charge in [-0.1, -0.05) is 12.1 Å². The van der Waals surface area contributed by atoms with Crippen LogP contribution in [0.5, 0.6) is 11.6 Å². The molecule has 0 spiro atoms. The fraction of sp³-hybridized carbons (Fsp3) is 0.333. The van der Waals surface area contributed by atoms with E-state index in [0.29, 0.717) is 17.8 Å². The number of hydrogen-bond acceptors (Lipinski definition) is 5. The van der Waals surface area contributed by atoms with Crippen molar-refractivity contribution in [1.82, 2.24) is 9.78 Å². The van der Waals surface area contributed by atoms with Gasteiger partial charge >= 0.3 is 5.97 Å². The van der Waals surface area contributed by atoms with Gasteiger partial charge in [0.2, 0.25) is 5.88 Å². The fourth-order valence-corrected chi connectivity index (χ4v) is 2.06. The zero-order chi connectivity index (χ0) is 15.4. The molecule has 112 valence electrons. The third kappa shape index (κ3) is 2.99. The number of rotatable bonds is 5. The fourth-order valence-electron chi connectivity index (χ4n) is 2.06. The van der Waals surface area contributed by atoms with Gasteiger partial charge in [0.15, 0.2) is 0 Å². The summed E-state index contributed by atoms with van der Waals surface area (Å²) in [7, 11) is 4.44. The predicted molar refractivity (Wildman–Crippen MR) is 77.0 cm³/mol. The third-order valence-electron chi connectivity index (χ3n) is 3.25. The number of hydrogen-bond donors (Lipinski definition) is 0.